The third kappa shape index (κ3) is 6.11. The van der Waals surface area contributed by atoms with E-state index in [1.807, 2.05) is 32.1 Å². The van der Waals surface area contributed by atoms with E-state index in [0.717, 1.165) is 22.3 Å². The second-order valence-corrected chi connectivity index (χ2v) is 7.75. The van der Waals surface area contributed by atoms with Gasteiger partial charge in [0, 0.05) is 60.3 Å². The molecule has 9 heteroatoms. The number of fused-ring (bicyclic) bond motifs is 1. The third-order valence-corrected chi connectivity index (χ3v) is 5.59. The van der Waals surface area contributed by atoms with Crippen molar-refractivity contribution >= 4 is 40.6 Å². The van der Waals surface area contributed by atoms with Crippen molar-refractivity contribution < 1.29 is 9.59 Å². The summed E-state index contributed by atoms with van der Waals surface area (Å²) in [4.78, 5) is 35.6. The number of hydrogen-bond donors (Lipinski definition) is 2. The molecule has 0 aromatic carbocycles. The van der Waals surface area contributed by atoms with E-state index in [-0.39, 0.29) is 31.4 Å². The maximum atomic E-state index is 13.1. The van der Waals surface area contributed by atoms with Crippen LogP contribution in [0.3, 0.4) is 0 Å². The Kier molecular flexibility index (Phi) is 10.4. The lowest BCUT2D eigenvalue weighted by Gasteiger charge is -2.17. The normalized spacial score (nSPS) is 13.2. The Morgan fingerprint density at radius 1 is 1.38 bits per heavy atom. The number of carbonyl (C=O) groups excluding carboxylic acids is 2. The van der Waals surface area contributed by atoms with Crippen LogP contribution in [0.1, 0.15) is 45.4 Å². The molecule has 180 valence electrons. The molecule has 0 radical (unpaired) electrons. The number of aryl methyl sites for hydroxylation is 1. The van der Waals surface area contributed by atoms with E-state index >= 15 is 0 Å². The van der Waals surface area contributed by atoms with Crippen molar-refractivity contribution in [2.24, 2.45) is 5.73 Å². The van der Waals surface area contributed by atoms with Crippen molar-refractivity contribution in [2.45, 2.75) is 33.5 Å². The summed E-state index contributed by atoms with van der Waals surface area (Å²) >= 11 is 11.1. The molecule has 34 heavy (non-hydrogen) atoms. The van der Waals surface area contributed by atoms with Crippen LogP contribution >= 0.6 is 23.2 Å². The van der Waals surface area contributed by atoms with Crippen LogP contribution in [0.4, 0.5) is 0 Å². The van der Waals surface area contributed by atoms with Crippen LogP contribution in [0.5, 0.6) is 0 Å². The first-order valence-corrected chi connectivity index (χ1v) is 11.7. The fourth-order valence-electron chi connectivity index (χ4n) is 3.72. The zero-order chi connectivity index (χ0) is 25.3. The topological polar surface area (TPSA) is 101 Å². The molecule has 3 N–H and O–H groups in total. The average Bonchev–Trinajstić information content (AvgIpc) is 3.16. The molecule has 0 aliphatic carbocycles. The number of aromatic nitrogens is 2. The number of nitrogens with one attached hydrogen (secondary N) is 1. The van der Waals surface area contributed by atoms with E-state index in [1.54, 1.807) is 24.5 Å². The van der Waals surface area contributed by atoms with Crippen molar-refractivity contribution in [1.29, 1.82) is 0 Å². The lowest BCUT2D eigenvalue weighted by atomic mass is 9.92. The van der Waals surface area contributed by atoms with Crippen LogP contribution in [0.2, 0.25) is 0 Å². The van der Waals surface area contributed by atoms with Gasteiger partial charge in [-0.25, -0.2) is 4.98 Å². The van der Waals surface area contributed by atoms with Crippen LogP contribution in [-0.2, 0) is 24.4 Å². The molecule has 0 fully saturated rings. The summed E-state index contributed by atoms with van der Waals surface area (Å²) in [6, 6.07) is 3.67. The summed E-state index contributed by atoms with van der Waals surface area (Å²) in [6.07, 6.45) is 10.1. The smallest absolute Gasteiger partial charge is 0.273 e. The van der Waals surface area contributed by atoms with Crippen molar-refractivity contribution in [1.82, 2.24) is 20.2 Å². The SMILES string of the molecule is C=C/C(Cl)=C(\C=C/C)c1c(CN)c(C)nc2c1CN(CC(=O)NCc1cccnc1)C2=O.CCl. The second kappa shape index (κ2) is 13.0. The Morgan fingerprint density at radius 2 is 2.12 bits per heavy atom. The molecule has 0 bridgehead atoms. The van der Waals surface area contributed by atoms with Gasteiger partial charge in [-0.15, -0.1) is 11.6 Å². The average molecular weight is 502 g/mol. The van der Waals surface area contributed by atoms with Gasteiger partial charge in [0.25, 0.3) is 5.91 Å². The fraction of sp³-hybridized carbons (Fsp3) is 0.280. The highest BCUT2D eigenvalue weighted by Crippen LogP contribution is 2.36. The highest BCUT2D eigenvalue weighted by Gasteiger charge is 2.34. The minimum atomic E-state index is -0.293. The van der Waals surface area contributed by atoms with Gasteiger partial charge in [0.05, 0.1) is 0 Å². The minimum Gasteiger partial charge on any atom is -0.350 e. The van der Waals surface area contributed by atoms with Gasteiger partial charge in [-0.1, -0.05) is 42.5 Å². The van der Waals surface area contributed by atoms with Crippen molar-refractivity contribution in [2.75, 3.05) is 12.9 Å². The van der Waals surface area contributed by atoms with Gasteiger partial charge >= 0.3 is 0 Å². The van der Waals surface area contributed by atoms with E-state index in [4.69, 9.17) is 17.3 Å². The zero-order valence-corrected chi connectivity index (χ0v) is 21.1. The number of carbonyl (C=O) groups is 2. The molecule has 2 aromatic heterocycles. The van der Waals surface area contributed by atoms with Gasteiger partial charge in [0.15, 0.2) is 0 Å². The molecule has 1 aliphatic heterocycles. The Morgan fingerprint density at radius 3 is 2.71 bits per heavy atom. The monoisotopic (exact) mass is 501 g/mol. The highest BCUT2D eigenvalue weighted by molar-refractivity contribution is 6.35. The van der Waals surface area contributed by atoms with Gasteiger partial charge in [0.2, 0.25) is 5.91 Å². The number of pyridine rings is 2. The molecular formula is C25H29Cl2N5O2. The minimum absolute atomic E-state index is 0.0796. The molecule has 0 saturated heterocycles. The van der Waals surface area contributed by atoms with E-state index in [2.05, 4.69) is 33.5 Å². The summed E-state index contributed by atoms with van der Waals surface area (Å²) in [5, 5.41) is 3.27. The molecule has 3 rings (SSSR count). The second-order valence-electron chi connectivity index (χ2n) is 7.35. The number of hydrogen-bond acceptors (Lipinski definition) is 5. The number of rotatable bonds is 8. The molecule has 7 nitrogen and oxygen atoms in total. The third-order valence-electron chi connectivity index (χ3n) is 5.23. The first-order chi connectivity index (χ1) is 16.4. The van der Waals surface area contributed by atoms with Gasteiger partial charge in [-0.05, 0) is 36.6 Å². The van der Waals surface area contributed by atoms with Crippen LogP contribution in [0.25, 0.3) is 5.57 Å². The Bertz CT molecular complexity index is 1110. The number of nitrogens with zero attached hydrogens (tertiary/aromatic N) is 3. The molecule has 0 atom stereocenters. The molecule has 0 unspecified atom stereocenters. The van der Waals surface area contributed by atoms with E-state index < -0.39 is 0 Å². The molecule has 0 spiro atoms. The first kappa shape index (κ1) is 27.2. The molecular weight excluding hydrogens is 473 g/mol. The zero-order valence-electron chi connectivity index (χ0n) is 19.6. The quantitative estimate of drug-likeness (QED) is 0.419. The maximum Gasteiger partial charge on any atom is 0.273 e. The number of nitrogens with two attached hydrogens (primary N) is 1. The number of amides is 2. The lowest BCUT2D eigenvalue weighted by molar-refractivity contribution is -0.122. The summed E-state index contributed by atoms with van der Waals surface area (Å²) in [5.41, 5.74) is 10.9. The first-order valence-electron chi connectivity index (χ1n) is 10.6. The summed E-state index contributed by atoms with van der Waals surface area (Å²) < 4.78 is 0. The standard InChI is InChI=1S/C24H26ClN5O2.CH3Cl/c1-4-7-17(20(25)5-2)22-18(10-26)15(3)29-23-19(22)13-30(24(23)32)14-21(31)28-12-16-8-6-9-27-11-16;1-2/h4-9,11H,2,10,12-14,26H2,1,3H3,(H,28,31);1H3/b7-4-,20-17-;. The van der Waals surface area contributed by atoms with Crippen LogP contribution in [0, 0.1) is 6.92 Å². The fourth-order valence-corrected chi connectivity index (χ4v) is 3.88. The Labute approximate surface area is 210 Å². The van der Waals surface area contributed by atoms with Crippen LogP contribution < -0.4 is 11.1 Å². The largest absolute Gasteiger partial charge is 0.350 e. The molecule has 1 aliphatic rings. The lowest BCUT2D eigenvalue weighted by Crippen LogP contribution is -2.37. The Balaban J connectivity index is 0.00000199. The summed E-state index contributed by atoms with van der Waals surface area (Å²) in [6.45, 7) is 8.21. The number of alkyl halides is 1. The van der Waals surface area contributed by atoms with Crippen molar-refractivity contribution in [3.8, 4) is 0 Å². The van der Waals surface area contributed by atoms with E-state index in [9.17, 15) is 9.59 Å². The number of allylic oxidation sites excluding steroid dienone is 5. The maximum absolute atomic E-state index is 13.1. The van der Waals surface area contributed by atoms with Crippen molar-refractivity contribution in [3.63, 3.8) is 0 Å². The number of halogens is 2. The molecule has 2 amide bonds. The highest BCUT2D eigenvalue weighted by atomic mass is 35.5. The van der Waals surface area contributed by atoms with Crippen LogP contribution in [-0.4, -0.2) is 39.6 Å². The van der Waals surface area contributed by atoms with E-state index in [0.29, 0.717) is 28.5 Å². The van der Waals surface area contributed by atoms with Gasteiger partial charge in [-0.3, -0.25) is 14.6 Å². The summed E-state index contributed by atoms with van der Waals surface area (Å²) in [7, 11) is 0. The summed E-state index contributed by atoms with van der Waals surface area (Å²) in [5.74, 6) is -0.556. The van der Waals surface area contributed by atoms with Crippen LogP contribution in [0.15, 0.2) is 54.4 Å². The van der Waals surface area contributed by atoms with Crippen molar-refractivity contribution in [3.05, 3.63) is 88.0 Å². The van der Waals surface area contributed by atoms with Gasteiger partial charge in [-0.2, -0.15) is 0 Å². The Hall–Kier alpha value is -3.00. The molecule has 3 heterocycles. The predicted octanol–water partition coefficient (Wildman–Crippen LogP) is 4.08. The van der Waals surface area contributed by atoms with Gasteiger partial charge < -0.3 is 16.0 Å². The molecule has 2 aromatic rings. The predicted molar refractivity (Wildman–Crippen MR) is 137 cm³/mol. The van der Waals surface area contributed by atoms with E-state index in [1.165, 1.54) is 11.3 Å². The molecule has 0 saturated carbocycles. The van der Waals surface area contributed by atoms with Gasteiger partial charge in [0.1, 0.15) is 12.2 Å².